The van der Waals surface area contributed by atoms with E-state index in [-0.39, 0.29) is 0 Å². The molecule has 1 rings (SSSR count). The first-order valence-corrected chi connectivity index (χ1v) is 5.45. The zero-order valence-corrected chi connectivity index (χ0v) is 8.96. The van der Waals surface area contributed by atoms with Crippen LogP contribution in [0.4, 0.5) is 0 Å². The average Bonchev–Trinajstić information content (AvgIpc) is 2.52. The fourth-order valence-corrected chi connectivity index (χ4v) is 1.74. The molecule has 1 saturated heterocycles. The fraction of sp³-hybridized carbons (Fsp3) is 0.900. The van der Waals surface area contributed by atoms with Crippen molar-refractivity contribution in [3.05, 3.63) is 0 Å². The summed E-state index contributed by atoms with van der Waals surface area (Å²) >= 11 is 0. The first-order chi connectivity index (χ1) is 6.74. The molecule has 0 radical (unpaired) electrons. The van der Waals surface area contributed by atoms with Crippen LogP contribution in [0.3, 0.4) is 0 Å². The van der Waals surface area contributed by atoms with Gasteiger partial charge < -0.3 is 16.0 Å². The number of hydrogen-bond donors (Lipinski definition) is 2. The molecule has 0 saturated carbocycles. The van der Waals surface area contributed by atoms with E-state index in [9.17, 15) is 4.79 Å². The van der Waals surface area contributed by atoms with E-state index in [4.69, 9.17) is 5.73 Å². The van der Waals surface area contributed by atoms with Gasteiger partial charge >= 0.3 is 0 Å². The van der Waals surface area contributed by atoms with Gasteiger partial charge in [-0.2, -0.15) is 0 Å². The van der Waals surface area contributed by atoms with Crippen LogP contribution in [0.1, 0.15) is 26.2 Å². The Morgan fingerprint density at radius 1 is 1.64 bits per heavy atom. The minimum Gasteiger partial charge on any atom is -0.341 e. The first kappa shape index (κ1) is 11.5. The molecule has 1 aliphatic heterocycles. The van der Waals surface area contributed by atoms with Gasteiger partial charge in [0, 0.05) is 25.6 Å². The number of hydrogen-bond acceptors (Lipinski definition) is 3. The highest BCUT2D eigenvalue weighted by Gasteiger charge is 2.21. The molecule has 1 heterocycles. The maximum absolute atomic E-state index is 11.3. The van der Waals surface area contributed by atoms with Crippen molar-refractivity contribution in [2.75, 3.05) is 26.2 Å². The zero-order chi connectivity index (χ0) is 10.4. The molecule has 1 amide bonds. The van der Waals surface area contributed by atoms with Crippen molar-refractivity contribution >= 4 is 5.91 Å². The third-order valence-electron chi connectivity index (χ3n) is 2.54. The normalized spacial score (nSPS) is 19.0. The lowest BCUT2D eigenvalue weighted by Gasteiger charge is -2.21. The van der Waals surface area contributed by atoms with Gasteiger partial charge in [0.1, 0.15) is 0 Å². The number of amides is 1. The minimum atomic E-state index is 0.303. The summed E-state index contributed by atoms with van der Waals surface area (Å²) in [7, 11) is 0. The Kier molecular flexibility index (Phi) is 4.90. The molecule has 0 aromatic heterocycles. The van der Waals surface area contributed by atoms with Gasteiger partial charge in [-0.25, -0.2) is 0 Å². The second-order valence-corrected chi connectivity index (χ2v) is 3.94. The molecular weight excluding hydrogens is 178 g/mol. The molecule has 0 aliphatic carbocycles. The number of likely N-dealkylation sites (tertiary alicyclic amines) is 1. The number of nitrogens with one attached hydrogen (secondary N) is 1. The van der Waals surface area contributed by atoms with Crippen molar-refractivity contribution in [1.29, 1.82) is 0 Å². The maximum atomic E-state index is 11.3. The summed E-state index contributed by atoms with van der Waals surface area (Å²) in [5.41, 5.74) is 5.40. The van der Waals surface area contributed by atoms with Gasteiger partial charge in [0.05, 0.1) is 0 Å². The molecule has 1 aliphatic rings. The van der Waals surface area contributed by atoms with Crippen molar-refractivity contribution < 1.29 is 4.79 Å². The Morgan fingerprint density at radius 2 is 2.43 bits per heavy atom. The number of carbonyl (C=O) groups excluding carboxylic acids is 1. The van der Waals surface area contributed by atoms with Gasteiger partial charge in [0.15, 0.2) is 0 Å². The van der Waals surface area contributed by atoms with E-state index in [1.807, 2.05) is 4.90 Å². The molecule has 14 heavy (non-hydrogen) atoms. The third kappa shape index (κ3) is 3.64. The van der Waals surface area contributed by atoms with Crippen LogP contribution in [0, 0.1) is 0 Å². The van der Waals surface area contributed by atoms with Crippen LogP contribution in [-0.2, 0) is 4.79 Å². The van der Waals surface area contributed by atoms with Crippen LogP contribution in [0.15, 0.2) is 0 Å². The van der Waals surface area contributed by atoms with Crippen LogP contribution in [0.2, 0.25) is 0 Å². The Hall–Kier alpha value is -0.610. The summed E-state index contributed by atoms with van der Waals surface area (Å²) in [4.78, 5) is 13.3. The lowest BCUT2D eigenvalue weighted by atomic mass is 10.3. The maximum Gasteiger partial charge on any atom is 0.222 e. The highest BCUT2D eigenvalue weighted by atomic mass is 16.2. The Labute approximate surface area is 85.8 Å². The summed E-state index contributed by atoms with van der Waals surface area (Å²) in [6.45, 7) is 5.55. The number of nitrogens with zero attached hydrogens (tertiary/aromatic N) is 1. The molecule has 0 spiro atoms. The van der Waals surface area contributed by atoms with Crippen molar-refractivity contribution in [2.45, 2.75) is 32.2 Å². The molecule has 1 fully saturated rings. The van der Waals surface area contributed by atoms with Gasteiger partial charge in [0.25, 0.3) is 0 Å². The Balaban J connectivity index is 2.12. The van der Waals surface area contributed by atoms with Gasteiger partial charge in [-0.3, -0.25) is 4.79 Å². The van der Waals surface area contributed by atoms with E-state index in [1.54, 1.807) is 0 Å². The number of rotatable bonds is 6. The molecule has 1 atom stereocenters. The largest absolute Gasteiger partial charge is 0.341 e. The predicted octanol–water partition coefficient (Wildman–Crippen LogP) is -0.0643. The van der Waals surface area contributed by atoms with Gasteiger partial charge in [-0.15, -0.1) is 0 Å². The minimum absolute atomic E-state index is 0.303. The Morgan fingerprint density at radius 3 is 3.00 bits per heavy atom. The number of nitrogens with two attached hydrogens (primary N) is 1. The molecule has 0 bridgehead atoms. The zero-order valence-electron chi connectivity index (χ0n) is 8.96. The molecule has 82 valence electrons. The van der Waals surface area contributed by atoms with Crippen LogP contribution in [0.25, 0.3) is 0 Å². The van der Waals surface area contributed by atoms with E-state index in [0.717, 1.165) is 45.4 Å². The summed E-state index contributed by atoms with van der Waals surface area (Å²) in [5, 5.41) is 3.36. The Bertz CT molecular complexity index is 184. The second-order valence-electron chi connectivity index (χ2n) is 3.94. The first-order valence-electron chi connectivity index (χ1n) is 5.45. The lowest BCUT2D eigenvalue weighted by Crippen LogP contribution is -2.40. The molecule has 0 aromatic rings. The molecule has 1 unspecified atom stereocenters. The fourth-order valence-electron chi connectivity index (χ4n) is 1.74. The summed E-state index contributed by atoms with van der Waals surface area (Å²) < 4.78 is 0. The summed E-state index contributed by atoms with van der Waals surface area (Å²) in [6.07, 6.45) is 2.75. The SMILES string of the molecule is CC(CN1CCCC1=O)NCCCN. The molecule has 3 N–H and O–H groups in total. The number of carbonyl (C=O) groups is 1. The van der Waals surface area contributed by atoms with E-state index in [0.29, 0.717) is 11.9 Å². The molecule has 0 aromatic carbocycles. The van der Waals surface area contributed by atoms with Crippen LogP contribution >= 0.6 is 0 Å². The van der Waals surface area contributed by atoms with Gasteiger partial charge in [-0.1, -0.05) is 0 Å². The smallest absolute Gasteiger partial charge is 0.222 e. The third-order valence-corrected chi connectivity index (χ3v) is 2.54. The van der Waals surface area contributed by atoms with E-state index in [1.165, 1.54) is 0 Å². The van der Waals surface area contributed by atoms with E-state index < -0.39 is 0 Å². The predicted molar refractivity (Wildman–Crippen MR) is 57.0 cm³/mol. The molecule has 4 heteroatoms. The quantitative estimate of drug-likeness (QED) is 0.589. The molecule has 4 nitrogen and oxygen atoms in total. The van der Waals surface area contributed by atoms with Crippen LogP contribution in [0.5, 0.6) is 0 Å². The summed E-state index contributed by atoms with van der Waals surface area (Å²) in [6, 6.07) is 0.378. The van der Waals surface area contributed by atoms with Gasteiger partial charge in [0.2, 0.25) is 5.91 Å². The van der Waals surface area contributed by atoms with Crippen LogP contribution in [-0.4, -0.2) is 43.0 Å². The van der Waals surface area contributed by atoms with Crippen molar-refractivity contribution in [1.82, 2.24) is 10.2 Å². The van der Waals surface area contributed by atoms with E-state index >= 15 is 0 Å². The molecular formula is C10H21N3O. The topological polar surface area (TPSA) is 58.4 Å². The standard InChI is InChI=1S/C10H21N3O/c1-9(12-6-3-5-11)8-13-7-2-4-10(13)14/h9,12H,2-8,11H2,1H3. The van der Waals surface area contributed by atoms with Crippen molar-refractivity contribution in [2.24, 2.45) is 5.73 Å². The highest BCUT2D eigenvalue weighted by molar-refractivity contribution is 5.78. The van der Waals surface area contributed by atoms with Gasteiger partial charge in [-0.05, 0) is 32.9 Å². The lowest BCUT2D eigenvalue weighted by molar-refractivity contribution is -0.127. The second kappa shape index (κ2) is 5.98. The monoisotopic (exact) mass is 199 g/mol. The van der Waals surface area contributed by atoms with Crippen molar-refractivity contribution in [3.63, 3.8) is 0 Å². The average molecular weight is 199 g/mol. The van der Waals surface area contributed by atoms with Crippen molar-refractivity contribution in [3.8, 4) is 0 Å². The summed E-state index contributed by atoms with van der Waals surface area (Å²) in [5.74, 6) is 0.303. The highest BCUT2D eigenvalue weighted by Crippen LogP contribution is 2.09. The van der Waals surface area contributed by atoms with E-state index in [2.05, 4.69) is 12.2 Å². The van der Waals surface area contributed by atoms with Crippen LogP contribution < -0.4 is 11.1 Å².